The highest BCUT2D eigenvalue weighted by molar-refractivity contribution is 6.00. The number of carbonyl (C=O) groups excluding carboxylic acids is 3. The van der Waals surface area contributed by atoms with E-state index in [2.05, 4.69) is 10.3 Å². The fourth-order valence-electron chi connectivity index (χ4n) is 5.15. The van der Waals surface area contributed by atoms with Crippen LogP contribution >= 0.6 is 0 Å². The van der Waals surface area contributed by atoms with Crippen molar-refractivity contribution in [3.05, 3.63) is 57.6 Å². The van der Waals surface area contributed by atoms with Crippen molar-refractivity contribution >= 4 is 40.2 Å². The van der Waals surface area contributed by atoms with Gasteiger partial charge in [0.15, 0.2) is 11.4 Å². The summed E-state index contributed by atoms with van der Waals surface area (Å²) >= 11 is 0. The Morgan fingerprint density at radius 3 is 2.64 bits per heavy atom. The number of benzene rings is 2. The second-order valence-electron chi connectivity index (χ2n) is 9.51. The predicted molar refractivity (Wildman–Crippen MR) is 135 cm³/mol. The van der Waals surface area contributed by atoms with Gasteiger partial charge in [0, 0.05) is 55.5 Å². The van der Waals surface area contributed by atoms with Crippen molar-refractivity contribution in [1.29, 1.82) is 0 Å². The zero-order valence-corrected chi connectivity index (χ0v) is 20.1. The van der Waals surface area contributed by atoms with E-state index in [0.29, 0.717) is 54.8 Å². The zero-order valence-electron chi connectivity index (χ0n) is 20.1. The number of oxazole rings is 1. The van der Waals surface area contributed by atoms with Crippen molar-refractivity contribution in [2.24, 2.45) is 0 Å². The highest BCUT2D eigenvalue weighted by atomic mass is 16.4. The summed E-state index contributed by atoms with van der Waals surface area (Å²) in [4.78, 5) is 56.0. The molecule has 0 unspecified atom stereocenters. The van der Waals surface area contributed by atoms with Gasteiger partial charge < -0.3 is 25.3 Å². The van der Waals surface area contributed by atoms with Gasteiger partial charge in [-0.25, -0.2) is 9.59 Å². The maximum atomic E-state index is 12.8. The highest BCUT2D eigenvalue weighted by Crippen LogP contribution is 2.26. The number of nitrogen functional groups attached to an aromatic ring is 1. The summed E-state index contributed by atoms with van der Waals surface area (Å²) in [5, 5.41) is 2.98. The van der Waals surface area contributed by atoms with E-state index in [4.69, 9.17) is 10.2 Å². The second-order valence-corrected chi connectivity index (χ2v) is 9.51. The summed E-state index contributed by atoms with van der Waals surface area (Å²) in [6.45, 7) is 3.47. The number of amides is 3. The largest absolute Gasteiger partial charge is 0.417 e. The third kappa shape index (κ3) is 4.71. The number of aromatic amines is 1. The molecule has 36 heavy (non-hydrogen) atoms. The quantitative estimate of drug-likeness (QED) is 0.370. The number of hydrogen-bond donors (Lipinski definition) is 3. The van der Waals surface area contributed by atoms with Crippen molar-refractivity contribution in [2.45, 2.75) is 45.1 Å². The maximum Gasteiger partial charge on any atom is 0.417 e. The summed E-state index contributed by atoms with van der Waals surface area (Å²) in [6.07, 6.45) is 2.28. The molecule has 1 aromatic heterocycles. The minimum atomic E-state index is -0.567. The van der Waals surface area contributed by atoms with E-state index in [9.17, 15) is 19.2 Å². The van der Waals surface area contributed by atoms with Crippen LogP contribution in [0.2, 0.25) is 0 Å². The molecule has 0 bridgehead atoms. The molecular weight excluding hydrogens is 462 g/mol. The first-order chi connectivity index (χ1) is 17.3. The molecule has 1 saturated heterocycles. The van der Waals surface area contributed by atoms with Gasteiger partial charge in [0.25, 0.3) is 0 Å². The van der Waals surface area contributed by atoms with Crippen molar-refractivity contribution in [3.8, 4) is 0 Å². The Labute approximate surface area is 207 Å². The van der Waals surface area contributed by atoms with Gasteiger partial charge in [-0.2, -0.15) is 0 Å². The van der Waals surface area contributed by atoms with Gasteiger partial charge in [0.05, 0.1) is 5.52 Å². The SMILES string of the molecule is Cc1cc(C(=O)CCC(=O)N2CCC(N3CCc4cc(N)ccc4NC3=O)CC2)cc2oc(=O)[nH]c12. The monoisotopic (exact) mass is 491 g/mol. The van der Waals surface area contributed by atoms with Crippen LogP contribution in [0.5, 0.6) is 0 Å². The molecule has 0 spiro atoms. The van der Waals surface area contributed by atoms with Crippen LogP contribution in [0.4, 0.5) is 16.2 Å². The molecular formula is C26H29N5O5. The summed E-state index contributed by atoms with van der Waals surface area (Å²) in [5.41, 5.74) is 10.4. The lowest BCUT2D eigenvalue weighted by atomic mass is 10.0. The second kappa shape index (κ2) is 9.52. The number of carbonyl (C=O) groups is 3. The summed E-state index contributed by atoms with van der Waals surface area (Å²) in [6, 6.07) is 8.67. The number of anilines is 2. The van der Waals surface area contributed by atoms with Crippen LogP contribution in [0.3, 0.4) is 0 Å². The lowest BCUT2D eigenvalue weighted by Crippen LogP contribution is -2.50. The molecule has 188 valence electrons. The molecule has 4 N–H and O–H groups in total. The molecule has 0 radical (unpaired) electrons. The minimum absolute atomic E-state index is 0.0491. The minimum Gasteiger partial charge on any atom is -0.408 e. The Morgan fingerprint density at radius 2 is 1.86 bits per heavy atom. The van der Waals surface area contributed by atoms with Crippen LogP contribution in [0.25, 0.3) is 11.1 Å². The molecule has 5 rings (SSSR count). The van der Waals surface area contributed by atoms with Crippen molar-refractivity contribution in [3.63, 3.8) is 0 Å². The molecule has 3 aromatic rings. The van der Waals surface area contributed by atoms with E-state index < -0.39 is 5.76 Å². The van der Waals surface area contributed by atoms with Gasteiger partial charge in [-0.1, -0.05) is 0 Å². The van der Waals surface area contributed by atoms with E-state index in [1.165, 1.54) is 6.07 Å². The number of hydrogen-bond acceptors (Lipinski definition) is 6. The first-order valence-corrected chi connectivity index (χ1v) is 12.2. The Bertz CT molecular complexity index is 1400. The first-order valence-electron chi connectivity index (χ1n) is 12.2. The molecule has 3 amide bonds. The maximum absolute atomic E-state index is 12.8. The van der Waals surface area contributed by atoms with Crippen molar-refractivity contribution < 1.29 is 18.8 Å². The normalized spacial score (nSPS) is 16.5. The fraction of sp³-hybridized carbons (Fsp3) is 0.385. The fourth-order valence-corrected chi connectivity index (χ4v) is 5.15. The number of H-pyrrole nitrogens is 1. The number of piperidine rings is 1. The number of aryl methyl sites for hydroxylation is 1. The number of fused-ring (bicyclic) bond motifs is 2. The number of nitrogens with one attached hydrogen (secondary N) is 2. The predicted octanol–water partition coefficient (Wildman–Crippen LogP) is 3.06. The van der Waals surface area contributed by atoms with Crippen LogP contribution in [-0.4, -0.2) is 58.2 Å². The number of nitrogens with two attached hydrogens (primary N) is 1. The third-order valence-corrected chi connectivity index (χ3v) is 7.13. The van der Waals surface area contributed by atoms with Gasteiger partial charge in [0.1, 0.15) is 0 Å². The molecule has 0 aliphatic carbocycles. The van der Waals surface area contributed by atoms with Gasteiger partial charge in [0.2, 0.25) is 5.91 Å². The van der Waals surface area contributed by atoms with E-state index in [-0.39, 0.29) is 36.6 Å². The summed E-state index contributed by atoms with van der Waals surface area (Å²) in [7, 11) is 0. The number of Topliss-reactive ketones (excluding diaryl/α,β-unsaturated/α-hetero) is 1. The molecule has 0 saturated carbocycles. The molecule has 10 heteroatoms. The van der Waals surface area contributed by atoms with Crippen LogP contribution in [0.15, 0.2) is 39.5 Å². The van der Waals surface area contributed by atoms with Crippen LogP contribution in [0, 0.1) is 6.92 Å². The molecule has 3 heterocycles. The Hall–Kier alpha value is -4.08. The van der Waals surface area contributed by atoms with Crippen molar-refractivity contribution in [2.75, 3.05) is 30.7 Å². The molecule has 10 nitrogen and oxygen atoms in total. The van der Waals surface area contributed by atoms with E-state index in [1.54, 1.807) is 24.0 Å². The van der Waals surface area contributed by atoms with Gasteiger partial charge in [-0.05, 0) is 67.6 Å². The molecule has 2 aliphatic rings. The first kappa shape index (κ1) is 23.7. The molecule has 2 aliphatic heterocycles. The molecule has 0 atom stereocenters. The van der Waals surface area contributed by atoms with Crippen molar-refractivity contribution in [1.82, 2.24) is 14.8 Å². The van der Waals surface area contributed by atoms with Crippen LogP contribution < -0.4 is 16.8 Å². The zero-order chi connectivity index (χ0) is 25.4. The highest BCUT2D eigenvalue weighted by Gasteiger charge is 2.31. The van der Waals surface area contributed by atoms with Gasteiger partial charge in [-0.15, -0.1) is 0 Å². The molecule has 2 aromatic carbocycles. The Balaban J connectivity index is 1.14. The lowest BCUT2D eigenvalue weighted by molar-refractivity contribution is -0.132. The topological polar surface area (TPSA) is 142 Å². The Morgan fingerprint density at radius 1 is 1.08 bits per heavy atom. The van der Waals surface area contributed by atoms with Gasteiger partial charge in [-0.3, -0.25) is 14.6 Å². The smallest absolute Gasteiger partial charge is 0.408 e. The summed E-state index contributed by atoms with van der Waals surface area (Å²) < 4.78 is 5.08. The number of nitrogens with zero attached hydrogens (tertiary/aromatic N) is 2. The van der Waals surface area contributed by atoms with Gasteiger partial charge >= 0.3 is 11.8 Å². The average molecular weight is 492 g/mol. The van der Waals surface area contributed by atoms with E-state index >= 15 is 0 Å². The summed E-state index contributed by atoms with van der Waals surface area (Å²) in [5.74, 6) is -0.812. The van der Waals surface area contributed by atoms with Crippen LogP contribution in [0.1, 0.15) is 47.2 Å². The number of aromatic nitrogens is 1. The standard InChI is InChI=1S/C26H29N5O5/c1-15-12-17(14-22-24(15)29-26(35)36-22)21(32)4-5-23(33)30-9-7-19(8-10-30)31-11-6-16-13-18(27)2-3-20(16)28-25(31)34/h2-3,12-14,19H,4-11,27H2,1H3,(H,28,34)(H,29,35). The number of rotatable bonds is 5. The Kier molecular flexibility index (Phi) is 6.26. The number of likely N-dealkylation sites (tertiary alicyclic amines) is 1. The van der Waals surface area contributed by atoms with E-state index in [0.717, 1.165) is 23.2 Å². The molecule has 1 fully saturated rings. The lowest BCUT2D eigenvalue weighted by Gasteiger charge is -2.38. The van der Waals surface area contributed by atoms with E-state index in [1.807, 2.05) is 17.0 Å². The van der Waals surface area contributed by atoms with Crippen LogP contribution in [-0.2, 0) is 11.2 Å². The third-order valence-electron chi connectivity index (χ3n) is 7.13. The number of urea groups is 1. The number of ketones is 1. The average Bonchev–Trinajstić information content (AvgIpc) is 3.16.